The van der Waals surface area contributed by atoms with E-state index in [4.69, 9.17) is 0 Å². The van der Waals surface area contributed by atoms with E-state index < -0.39 is 0 Å². The summed E-state index contributed by atoms with van der Waals surface area (Å²) >= 11 is 1.58. The molecule has 28 heavy (non-hydrogen) atoms. The van der Waals surface area contributed by atoms with Gasteiger partial charge in [-0.2, -0.15) is 0 Å². The Hall–Kier alpha value is -1.93. The third kappa shape index (κ3) is 4.55. The first-order chi connectivity index (χ1) is 12.6. The zero-order valence-electron chi connectivity index (χ0n) is 15.1. The van der Waals surface area contributed by atoms with Gasteiger partial charge in [0.1, 0.15) is 11.5 Å². The Morgan fingerprint density at radius 3 is 2.86 bits per heavy atom. The topological polar surface area (TPSA) is 61.0 Å². The Kier molecular flexibility index (Phi) is 7.60. The number of carbonyl (C=O) groups is 1. The number of aromatic amines is 1. The van der Waals surface area contributed by atoms with Crippen LogP contribution < -0.4 is 5.32 Å². The lowest BCUT2D eigenvalue weighted by Gasteiger charge is -2.36. The molecule has 3 aromatic rings. The summed E-state index contributed by atoms with van der Waals surface area (Å²) in [6.07, 6.45) is 1.81. The Morgan fingerprint density at radius 1 is 1.32 bits per heavy atom. The van der Waals surface area contributed by atoms with Gasteiger partial charge >= 0.3 is 0 Å². The van der Waals surface area contributed by atoms with Crippen molar-refractivity contribution < 1.29 is 9.18 Å². The van der Waals surface area contributed by atoms with Crippen LogP contribution in [0.5, 0.6) is 0 Å². The molecule has 4 rings (SSSR count). The monoisotopic (exact) mass is 442 g/mol. The number of benzene rings is 1. The highest BCUT2D eigenvalue weighted by Gasteiger charge is 2.29. The van der Waals surface area contributed by atoms with Crippen molar-refractivity contribution in [1.82, 2.24) is 20.2 Å². The second kappa shape index (κ2) is 9.52. The quantitative estimate of drug-likeness (QED) is 0.638. The molecular weight excluding hydrogens is 422 g/mol. The van der Waals surface area contributed by atoms with Crippen LogP contribution in [0, 0.1) is 12.7 Å². The molecule has 5 nitrogen and oxygen atoms in total. The Balaban J connectivity index is 0.00000140. The van der Waals surface area contributed by atoms with Crippen molar-refractivity contribution in [1.29, 1.82) is 0 Å². The molecule has 0 saturated carbocycles. The molecule has 1 aromatic carbocycles. The highest BCUT2D eigenvalue weighted by molar-refractivity contribution is 7.09. The van der Waals surface area contributed by atoms with E-state index in [0.29, 0.717) is 18.8 Å². The van der Waals surface area contributed by atoms with Gasteiger partial charge in [-0.25, -0.2) is 9.37 Å². The summed E-state index contributed by atoms with van der Waals surface area (Å²) in [5, 5.41) is 6.26. The van der Waals surface area contributed by atoms with Crippen molar-refractivity contribution in [3.05, 3.63) is 64.0 Å². The highest BCUT2D eigenvalue weighted by Crippen LogP contribution is 2.27. The van der Waals surface area contributed by atoms with Crippen molar-refractivity contribution in [2.45, 2.75) is 13.0 Å². The second-order valence-corrected chi connectivity index (χ2v) is 7.39. The van der Waals surface area contributed by atoms with Crippen molar-refractivity contribution in [2.24, 2.45) is 0 Å². The zero-order valence-corrected chi connectivity index (χ0v) is 17.6. The van der Waals surface area contributed by atoms with Crippen LogP contribution in [-0.2, 0) is 0 Å². The molecule has 3 heterocycles. The molecule has 1 aliphatic heterocycles. The number of nitrogens with one attached hydrogen (secondary N) is 2. The third-order valence-electron chi connectivity index (χ3n) is 4.57. The predicted octanol–water partition coefficient (Wildman–Crippen LogP) is 4.22. The minimum absolute atomic E-state index is 0. The molecule has 1 amide bonds. The minimum atomic E-state index is -0.290. The Labute approximate surface area is 179 Å². The largest absolute Gasteiger partial charge is 0.357 e. The van der Waals surface area contributed by atoms with Crippen LogP contribution in [0.25, 0.3) is 11.3 Å². The minimum Gasteiger partial charge on any atom is -0.357 e. The van der Waals surface area contributed by atoms with E-state index in [0.717, 1.165) is 28.4 Å². The number of rotatable bonds is 3. The maximum atomic E-state index is 13.6. The number of amides is 1. The zero-order chi connectivity index (χ0) is 18.1. The van der Waals surface area contributed by atoms with Gasteiger partial charge in [-0.3, -0.25) is 4.79 Å². The Bertz CT molecular complexity index is 945. The highest BCUT2D eigenvalue weighted by atomic mass is 35.5. The molecule has 1 saturated heterocycles. The average molecular weight is 443 g/mol. The fraction of sp³-hybridized carbons (Fsp3) is 0.263. The summed E-state index contributed by atoms with van der Waals surface area (Å²) in [5.41, 5.74) is 3.08. The van der Waals surface area contributed by atoms with Gasteiger partial charge in [-0.05, 0) is 30.7 Å². The Morgan fingerprint density at radius 2 is 2.14 bits per heavy atom. The summed E-state index contributed by atoms with van der Waals surface area (Å²) in [7, 11) is 0. The van der Waals surface area contributed by atoms with Gasteiger partial charge in [0.15, 0.2) is 0 Å². The van der Waals surface area contributed by atoms with E-state index >= 15 is 0 Å². The van der Waals surface area contributed by atoms with E-state index in [2.05, 4.69) is 15.3 Å². The molecule has 0 aliphatic carbocycles. The number of piperazine rings is 1. The van der Waals surface area contributed by atoms with Crippen molar-refractivity contribution in [3.63, 3.8) is 0 Å². The van der Waals surface area contributed by atoms with Gasteiger partial charge < -0.3 is 15.2 Å². The molecule has 0 spiro atoms. The van der Waals surface area contributed by atoms with Crippen molar-refractivity contribution in [2.75, 3.05) is 19.6 Å². The van der Waals surface area contributed by atoms with Crippen LogP contribution in [-0.4, -0.2) is 40.4 Å². The smallest absolute Gasteiger partial charge is 0.270 e. The predicted molar refractivity (Wildman–Crippen MR) is 114 cm³/mol. The van der Waals surface area contributed by atoms with Gasteiger partial charge in [-0.1, -0.05) is 12.1 Å². The van der Waals surface area contributed by atoms with E-state index in [9.17, 15) is 9.18 Å². The maximum absolute atomic E-state index is 13.6. The van der Waals surface area contributed by atoms with Crippen LogP contribution in [0.2, 0.25) is 0 Å². The molecule has 2 aromatic heterocycles. The van der Waals surface area contributed by atoms with Crippen LogP contribution in [0.4, 0.5) is 4.39 Å². The first kappa shape index (κ1) is 22.4. The number of carbonyl (C=O) groups excluding carboxylic acids is 1. The summed E-state index contributed by atoms with van der Waals surface area (Å²) in [4.78, 5) is 22.4. The molecule has 0 bridgehead atoms. The first-order valence-electron chi connectivity index (χ1n) is 8.50. The number of halogens is 3. The normalized spacial score (nSPS) is 16.2. The van der Waals surface area contributed by atoms with Gasteiger partial charge in [0.2, 0.25) is 0 Å². The SMILES string of the molecule is Cc1nc(-c2c[nH]c(C(=O)N3CCNCC3c3cccc(F)c3)c2)cs1.Cl.Cl. The number of aromatic nitrogens is 2. The number of thiazole rings is 1. The van der Waals surface area contributed by atoms with E-state index in [1.807, 2.05) is 24.4 Å². The number of hydrogen-bond donors (Lipinski definition) is 2. The maximum Gasteiger partial charge on any atom is 0.270 e. The second-order valence-electron chi connectivity index (χ2n) is 6.33. The van der Waals surface area contributed by atoms with E-state index in [1.165, 1.54) is 12.1 Å². The molecular formula is C19H21Cl2FN4OS. The molecule has 150 valence electrons. The van der Waals surface area contributed by atoms with Gasteiger partial charge in [0.05, 0.1) is 16.7 Å². The number of H-pyrrole nitrogens is 1. The van der Waals surface area contributed by atoms with Crippen molar-refractivity contribution >= 4 is 42.1 Å². The summed E-state index contributed by atoms with van der Waals surface area (Å²) in [6, 6.07) is 8.09. The molecule has 0 radical (unpaired) electrons. The molecule has 1 aliphatic rings. The van der Waals surface area contributed by atoms with Gasteiger partial charge in [0, 0.05) is 36.8 Å². The molecule has 1 fully saturated rings. The lowest BCUT2D eigenvalue weighted by molar-refractivity contribution is 0.0628. The van der Waals surface area contributed by atoms with Crippen LogP contribution in [0.15, 0.2) is 41.9 Å². The molecule has 1 atom stereocenters. The number of nitrogens with zero attached hydrogens (tertiary/aromatic N) is 2. The van der Waals surface area contributed by atoms with E-state index in [1.54, 1.807) is 28.5 Å². The summed E-state index contributed by atoms with van der Waals surface area (Å²) in [5.74, 6) is -0.375. The average Bonchev–Trinajstić information content (AvgIpc) is 3.30. The summed E-state index contributed by atoms with van der Waals surface area (Å²) < 4.78 is 13.6. The van der Waals surface area contributed by atoms with Crippen LogP contribution in [0.3, 0.4) is 0 Å². The lowest BCUT2D eigenvalue weighted by Crippen LogP contribution is -2.48. The fourth-order valence-electron chi connectivity index (χ4n) is 3.28. The number of aryl methyl sites for hydroxylation is 1. The first-order valence-corrected chi connectivity index (χ1v) is 9.38. The van der Waals surface area contributed by atoms with Gasteiger partial charge in [0.25, 0.3) is 5.91 Å². The molecule has 2 N–H and O–H groups in total. The molecule has 9 heteroatoms. The lowest BCUT2D eigenvalue weighted by atomic mass is 10.0. The third-order valence-corrected chi connectivity index (χ3v) is 5.34. The molecule has 1 unspecified atom stereocenters. The fourth-order valence-corrected chi connectivity index (χ4v) is 3.90. The van der Waals surface area contributed by atoms with E-state index in [-0.39, 0.29) is 42.6 Å². The summed E-state index contributed by atoms with van der Waals surface area (Å²) in [6.45, 7) is 3.85. The number of hydrogen-bond acceptors (Lipinski definition) is 4. The van der Waals surface area contributed by atoms with Gasteiger partial charge in [-0.15, -0.1) is 36.2 Å². The van der Waals surface area contributed by atoms with Crippen LogP contribution >= 0.6 is 36.2 Å². The van der Waals surface area contributed by atoms with Crippen LogP contribution in [0.1, 0.15) is 27.1 Å². The van der Waals surface area contributed by atoms with Crippen molar-refractivity contribution in [3.8, 4) is 11.3 Å². The standard InChI is InChI=1S/C19H19FN4OS.2ClH/c1-12-23-17(11-26-12)14-8-16(22-9-14)19(25)24-6-5-21-10-18(24)13-3-2-4-15(20)7-13;;/h2-4,7-9,11,18,21-22H,5-6,10H2,1H3;2*1H.